The summed E-state index contributed by atoms with van der Waals surface area (Å²) >= 11 is 3.51. The summed E-state index contributed by atoms with van der Waals surface area (Å²) in [6.07, 6.45) is 3.03. The first-order valence-electron chi connectivity index (χ1n) is 6.88. The molecule has 2 nitrogen and oxygen atoms in total. The van der Waals surface area contributed by atoms with Crippen LogP contribution in [0, 0.1) is 29.6 Å². The van der Waals surface area contributed by atoms with Crippen LogP contribution < -0.4 is 0 Å². The van der Waals surface area contributed by atoms with Gasteiger partial charge in [0.15, 0.2) is 0 Å². The Balaban J connectivity index is 2.32. The van der Waals surface area contributed by atoms with Crippen molar-refractivity contribution in [1.82, 2.24) is 0 Å². The van der Waals surface area contributed by atoms with Crippen molar-refractivity contribution < 1.29 is 5.11 Å². The minimum atomic E-state index is -0.705. The number of halogens is 1. The second-order valence-corrected chi connectivity index (χ2v) is 6.57. The Bertz CT molecular complexity index is 508. The molecule has 19 heavy (non-hydrogen) atoms. The molecule has 2 rings (SSSR count). The van der Waals surface area contributed by atoms with Gasteiger partial charge in [-0.15, -0.1) is 0 Å². The molecule has 1 aliphatic rings. The SMILES string of the molecule is CCC1CCC(C#N)(C(O)c2ccc(C)cc2Br)C1. The Morgan fingerprint density at radius 3 is 2.84 bits per heavy atom. The molecule has 1 aromatic carbocycles. The number of aliphatic hydroxyl groups is 1. The summed E-state index contributed by atoms with van der Waals surface area (Å²) < 4.78 is 0.898. The highest BCUT2D eigenvalue weighted by atomic mass is 79.9. The van der Waals surface area contributed by atoms with Gasteiger partial charge in [-0.2, -0.15) is 5.26 Å². The van der Waals surface area contributed by atoms with Crippen LogP contribution >= 0.6 is 15.9 Å². The molecule has 3 heteroatoms. The van der Waals surface area contributed by atoms with Crippen molar-refractivity contribution >= 4 is 15.9 Å². The van der Waals surface area contributed by atoms with Gasteiger partial charge in [0.25, 0.3) is 0 Å². The predicted octanol–water partition coefficient (Wildman–Crippen LogP) is 4.51. The van der Waals surface area contributed by atoms with Crippen molar-refractivity contribution in [3.05, 3.63) is 33.8 Å². The van der Waals surface area contributed by atoms with E-state index in [1.165, 1.54) is 0 Å². The van der Waals surface area contributed by atoms with Crippen LogP contribution in [0.4, 0.5) is 0 Å². The third-order valence-electron chi connectivity index (χ3n) is 4.43. The van der Waals surface area contributed by atoms with Gasteiger partial charge in [-0.1, -0.05) is 41.4 Å². The Labute approximate surface area is 123 Å². The molecule has 0 bridgehead atoms. The molecule has 0 amide bonds. The average molecular weight is 322 g/mol. The fourth-order valence-corrected chi connectivity index (χ4v) is 3.80. The third kappa shape index (κ3) is 2.70. The lowest BCUT2D eigenvalue weighted by Crippen LogP contribution is -2.25. The summed E-state index contributed by atoms with van der Waals surface area (Å²) in [6.45, 7) is 4.18. The molecule has 0 saturated heterocycles. The monoisotopic (exact) mass is 321 g/mol. The van der Waals surface area contributed by atoms with Crippen LogP contribution in [0.25, 0.3) is 0 Å². The molecule has 1 N–H and O–H groups in total. The fourth-order valence-electron chi connectivity index (χ4n) is 3.09. The van der Waals surface area contributed by atoms with E-state index in [0.717, 1.165) is 41.3 Å². The summed E-state index contributed by atoms with van der Waals surface area (Å²) in [6, 6.07) is 8.33. The van der Waals surface area contributed by atoms with Gasteiger partial charge < -0.3 is 5.11 Å². The van der Waals surface area contributed by atoms with E-state index in [9.17, 15) is 10.4 Å². The fraction of sp³-hybridized carbons (Fsp3) is 0.562. The molecule has 1 saturated carbocycles. The largest absolute Gasteiger partial charge is 0.387 e. The number of aryl methyl sites for hydroxylation is 1. The molecule has 0 aliphatic heterocycles. The van der Waals surface area contributed by atoms with E-state index >= 15 is 0 Å². The minimum Gasteiger partial charge on any atom is -0.387 e. The molecule has 102 valence electrons. The van der Waals surface area contributed by atoms with E-state index < -0.39 is 11.5 Å². The molecule has 0 radical (unpaired) electrons. The van der Waals surface area contributed by atoms with E-state index in [2.05, 4.69) is 28.9 Å². The van der Waals surface area contributed by atoms with Crippen molar-refractivity contribution in [3.8, 4) is 6.07 Å². The molecular weight excluding hydrogens is 302 g/mol. The number of benzene rings is 1. The molecule has 1 fully saturated rings. The molecule has 0 aromatic heterocycles. The molecule has 0 spiro atoms. The van der Waals surface area contributed by atoms with E-state index in [1.54, 1.807) is 0 Å². The lowest BCUT2D eigenvalue weighted by molar-refractivity contribution is 0.0635. The van der Waals surface area contributed by atoms with Crippen LogP contribution in [0.15, 0.2) is 22.7 Å². The Hall–Kier alpha value is -0.850. The number of hydrogen-bond donors (Lipinski definition) is 1. The first kappa shape index (κ1) is 14.6. The Morgan fingerprint density at radius 1 is 1.58 bits per heavy atom. The zero-order chi connectivity index (χ0) is 14.0. The van der Waals surface area contributed by atoms with Gasteiger partial charge in [0.1, 0.15) is 0 Å². The van der Waals surface area contributed by atoms with Crippen molar-refractivity contribution in [2.24, 2.45) is 11.3 Å². The van der Waals surface area contributed by atoms with Crippen LogP contribution in [0.5, 0.6) is 0 Å². The van der Waals surface area contributed by atoms with Crippen molar-refractivity contribution in [2.75, 3.05) is 0 Å². The van der Waals surface area contributed by atoms with Crippen LogP contribution in [0.3, 0.4) is 0 Å². The molecule has 3 unspecified atom stereocenters. The zero-order valence-corrected chi connectivity index (χ0v) is 13.1. The second kappa shape index (κ2) is 5.64. The van der Waals surface area contributed by atoms with Gasteiger partial charge in [0, 0.05) is 4.47 Å². The highest BCUT2D eigenvalue weighted by Crippen LogP contribution is 2.51. The van der Waals surface area contributed by atoms with Gasteiger partial charge in [-0.05, 0) is 49.3 Å². The van der Waals surface area contributed by atoms with Gasteiger partial charge >= 0.3 is 0 Å². The first-order valence-corrected chi connectivity index (χ1v) is 7.67. The minimum absolute atomic E-state index is 0.568. The number of nitrogens with zero attached hydrogens (tertiary/aromatic N) is 1. The summed E-state index contributed by atoms with van der Waals surface area (Å²) in [5.41, 5.74) is 1.37. The molecule has 3 atom stereocenters. The zero-order valence-electron chi connectivity index (χ0n) is 11.5. The lowest BCUT2D eigenvalue weighted by atomic mass is 9.77. The van der Waals surface area contributed by atoms with Crippen molar-refractivity contribution in [3.63, 3.8) is 0 Å². The normalized spacial score (nSPS) is 28.1. The molecular formula is C16H20BrNO. The summed E-state index contributed by atoms with van der Waals surface area (Å²) in [4.78, 5) is 0. The van der Waals surface area contributed by atoms with Crippen molar-refractivity contribution in [2.45, 2.75) is 45.6 Å². The second-order valence-electron chi connectivity index (χ2n) is 5.71. The topological polar surface area (TPSA) is 44.0 Å². The van der Waals surface area contributed by atoms with Crippen molar-refractivity contribution in [1.29, 1.82) is 5.26 Å². The van der Waals surface area contributed by atoms with E-state index in [0.29, 0.717) is 5.92 Å². The maximum Gasteiger partial charge on any atom is 0.0987 e. The average Bonchev–Trinajstić information content (AvgIpc) is 2.83. The van der Waals surface area contributed by atoms with Crippen LogP contribution in [0.2, 0.25) is 0 Å². The number of rotatable bonds is 3. The Kier molecular flexibility index (Phi) is 4.32. The molecule has 1 aromatic rings. The van der Waals surface area contributed by atoms with Crippen LogP contribution in [-0.4, -0.2) is 5.11 Å². The molecule has 0 heterocycles. The predicted molar refractivity (Wildman–Crippen MR) is 79.5 cm³/mol. The highest BCUT2D eigenvalue weighted by Gasteiger charge is 2.45. The van der Waals surface area contributed by atoms with Crippen LogP contribution in [-0.2, 0) is 0 Å². The first-order chi connectivity index (χ1) is 9.02. The van der Waals surface area contributed by atoms with Gasteiger partial charge in [0.05, 0.1) is 17.6 Å². The maximum atomic E-state index is 10.7. The van der Waals surface area contributed by atoms with Crippen LogP contribution in [0.1, 0.15) is 49.8 Å². The van der Waals surface area contributed by atoms with E-state index in [1.807, 2.05) is 25.1 Å². The maximum absolute atomic E-state index is 10.7. The Morgan fingerprint density at radius 2 is 2.32 bits per heavy atom. The third-order valence-corrected chi connectivity index (χ3v) is 5.11. The quantitative estimate of drug-likeness (QED) is 0.890. The summed E-state index contributed by atoms with van der Waals surface area (Å²) in [7, 11) is 0. The van der Waals surface area contributed by atoms with E-state index in [-0.39, 0.29) is 0 Å². The standard InChI is InChI=1S/C16H20BrNO/c1-3-12-6-7-16(9-12,10-18)15(19)13-5-4-11(2)8-14(13)17/h4-5,8,12,15,19H,3,6-7,9H2,1-2H3. The highest BCUT2D eigenvalue weighted by molar-refractivity contribution is 9.10. The van der Waals surface area contributed by atoms with E-state index in [4.69, 9.17) is 0 Å². The van der Waals surface area contributed by atoms with Gasteiger partial charge in [0.2, 0.25) is 0 Å². The molecule has 1 aliphatic carbocycles. The lowest BCUT2D eigenvalue weighted by Gasteiger charge is -2.28. The van der Waals surface area contributed by atoms with Gasteiger partial charge in [-0.3, -0.25) is 0 Å². The van der Waals surface area contributed by atoms with Gasteiger partial charge in [-0.25, -0.2) is 0 Å². The number of hydrogen-bond acceptors (Lipinski definition) is 2. The number of nitriles is 1. The smallest absolute Gasteiger partial charge is 0.0987 e. The summed E-state index contributed by atoms with van der Waals surface area (Å²) in [5, 5.41) is 20.3. The number of aliphatic hydroxyl groups excluding tert-OH is 1. The summed E-state index contributed by atoms with van der Waals surface area (Å²) in [5.74, 6) is 0.568.